The van der Waals surface area contributed by atoms with E-state index in [-0.39, 0.29) is 0 Å². The van der Waals surface area contributed by atoms with Gasteiger partial charge < -0.3 is 10.4 Å². The van der Waals surface area contributed by atoms with Crippen LogP contribution in [0.25, 0.3) is 0 Å². The number of aryl methyl sites for hydroxylation is 1. The van der Waals surface area contributed by atoms with E-state index in [1.54, 1.807) is 0 Å². The molecule has 100 valence electrons. The molecule has 1 aromatic rings. The molecule has 0 heterocycles. The van der Waals surface area contributed by atoms with Crippen molar-refractivity contribution in [3.8, 4) is 5.75 Å². The van der Waals surface area contributed by atoms with Crippen molar-refractivity contribution in [2.75, 3.05) is 0 Å². The van der Waals surface area contributed by atoms with Crippen molar-refractivity contribution in [2.45, 2.75) is 58.5 Å². The van der Waals surface area contributed by atoms with Crippen molar-refractivity contribution in [3.05, 3.63) is 29.3 Å². The van der Waals surface area contributed by atoms with Gasteiger partial charge in [0.25, 0.3) is 0 Å². The second kappa shape index (κ2) is 5.75. The van der Waals surface area contributed by atoms with Crippen LogP contribution in [0.5, 0.6) is 5.75 Å². The van der Waals surface area contributed by atoms with Gasteiger partial charge in [0, 0.05) is 12.1 Å². The van der Waals surface area contributed by atoms with E-state index in [1.165, 1.54) is 30.4 Å². The van der Waals surface area contributed by atoms with Crippen molar-refractivity contribution in [3.63, 3.8) is 0 Å². The maximum absolute atomic E-state index is 9.57. The van der Waals surface area contributed by atoms with Crippen LogP contribution < -0.4 is 5.32 Å². The summed E-state index contributed by atoms with van der Waals surface area (Å²) in [6.45, 7) is 6.81. The van der Waals surface area contributed by atoms with Crippen molar-refractivity contribution in [1.29, 1.82) is 0 Å². The zero-order valence-corrected chi connectivity index (χ0v) is 11.7. The Morgan fingerprint density at radius 1 is 1.39 bits per heavy atom. The molecule has 0 saturated carbocycles. The number of rotatable bonds is 4. The molecule has 2 atom stereocenters. The van der Waals surface area contributed by atoms with Crippen LogP contribution in [0.15, 0.2) is 18.2 Å². The second-order valence-electron chi connectivity index (χ2n) is 5.75. The summed E-state index contributed by atoms with van der Waals surface area (Å²) in [6.07, 6.45) is 4.69. The fraction of sp³-hybridized carbons (Fsp3) is 0.625. The molecule has 0 aliphatic heterocycles. The molecule has 0 amide bonds. The number of phenols is 1. The molecule has 2 heteroatoms. The first kappa shape index (κ1) is 13.4. The average molecular weight is 247 g/mol. The lowest BCUT2D eigenvalue weighted by Crippen LogP contribution is -2.37. The molecule has 18 heavy (non-hydrogen) atoms. The molecular formula is C16H25NO. The predicted octanol–water partition coefficient (Wildman–Crippen LogP) is 3.79. The Hall–Kier alpha value is -1.02. The Balaban J connectivity index is 2.17. The van der Waals surface area contributed by atoms with Crippen LogP contribution in [0.3, 0.4) is 0 Å². The first-order valence-electron chi connectivity index (χ1n) is 7.19. The van der Waals surface area contributed by atoms with Gasteiger partial charge in [-0.15, -0.1) is 0 Å². The molecule has 2 rings (SSSR count). The van der Waals surface area contributed by atoms with Gasteiger partial charge in [0.05, 0.1) is 0 Å². The molecule has 0 bridgehead atoms. The summed E-state index contributed by atoms with van der Waals surface area (Å²) >= 11 is 0. The molecule has 2 unspecified atom stereocenters. The highest BCUT2D eigenvalue weighted by atomic mass is 16.3. The lowest BCUT2D eigenvalue weighted by atomic mass is 9.86. The van der Waals surface area contributed by atoms with Gasteiger partial charge >= 0.3 is 0 Å². The highest BCUT2D eigenvalue weighted by Gasteiger charge is 2.23. The normalized spacial score (nSPS) is 20.8. The van der Waals surface area contributed by atoms with E-state index in [0.29, 0.717) is 23.8 Å². The largest absolute Gasteiger partial charge is 0.508 e. The average Bonchev–Trinajstić information content (AvgIpc) is 2.35. The summed E-state index contributed by atoms with van der Waals surface area (Å²) in [5, 5.41) is 13.4. The third kappa shape index (κ3) is 2.86. The fourth-order valence-corrected chi connectivity index (χ4v) is 3.01. The molecule has 0 spiro atoms. The number of fused-ring (bicyclic) bond motifs is 1. The second-order valence-corrected chi connectivity index (χ2v) is 5.75. The number of hydrogen-bond donors (Lipinski definition) is 2. The highest BCUT2D eigenvalue weighted by molar-refractivity contribution is 5.38. The number of nitrogens with one attached hydrogen (secondary N) is 1. The SMILES string of the molecule is CCC(NC1CCCc2cc(O)ccc21)C(C)C. The Labute approximate surface area is 110 Å². The van der Waals surface area contributed by atoms with E-state index >= 15 is 0 Å². The summed E-state index contributed by atoms with van der Waals surface area (Å²) in [7, 11) is 0. The molecule has 0 fully saturated rings. The monoisotopic (exact) mass is 247 g/mol. The van der Waals surface area contributed by atoms with Crippen LogP contribution in [0.1, 0.15) is 57.2 Å². The third-order valence-electron chi connectivity index (χ3n) is 4.10. The molecule has 0 saturated heterocycles. The zero-order chi connectivity index (χ0) is 13.1. The van der Waals surface area contributed by atoms with Gasteiger partial charge in [-0.25, -0.2) is 0 Å². The van der Waals surface area contributed by atoms with Gasteiger partial charge in [0.15, 0.2) is 0 Å². The first-order chi connectivity index (χ1) is 8.61. The lowest BCUT2D eigenvalue weighted by molar-refractivity contribution is 0.325. The van der Waals surface area contributed by atoms with Gasteiger partial charge in [0.1, 0.15) is 5.75 Å². The van der Waals surface area contributed by atoms with Crippen LogP contribution in [-0.4, -0.2) is 11.1 Å². The van der Waals surface area contributed by atoms with E-state index in [1.807, 2.05) is 12.1 Å². The first-order valence-corrected chi connectivity index (χ1v) is 7.19. The van der Waals surface area contributed by atoms with Crippen molar-refractivity contribution in [1.82, 2.24) is 5.32 Å². The summed E-state index contributed by atoms with van der Waals surface area (Å²) in [6, 6.07) is 6.87. The molecule has 0 radical (unpaired) electrons. The smallest absolute Gasteiger partial charge is 0.115 e. The van der Waals surface area contributed by atoms with Gasteiger partial charge in [-0.05, 0) is 54.9 Å². The maximum atomic E-state index is 9.57. The number of benzene rings is 1. The number of aromatic hydroxyl groups is 1. The number of hydrogen-bond acceptors (Lipinski definition) is 2. The van der Waals surface area contributed by atoms with Gasteiger partial charge in [0.2, 0.25) is 0 Å². The maximum Gasteiger partial charge on any atom is 0.115 e. The van der Waals surface area contributed by atoms with E-state index in [0.717, 1.165) is 6.42 Å². The zero-order valence-electron chi connectivity index (χ0n) is 11.7. The van der Waals surface area contributed by atoms with Crippen molar-refractivity contribution >= 4 is 0 Å². The van der Waals surface area contributed by atoms with Gasteiger partial charge in [-0.3, -0.25) is 0 Å². The Morgan fingerprint density at radius 2 is 2.17 bits per heavy atom. The number of phenolic OH excluding ortho intramolecular Hbond substituents is 1. The van der Waals surface area contributed by atoms with E-state index < -0.39 is 0 Å². The summed E-state index contributed by atoms with van der Waals surface area (Å²) in [5.74, 6) is 1.06. The van der Waals surface area contributed by atoms with Gasteiger partial charge in [-0.2, -0.15) is 0 Å². The van der Waals surface area contributed by atoms with E-state index in [9.17, 15) is 5.11 Å². The van der Waals surface area contributed by atoms with Gasteiger partial charge in [-0.1, -0.05) is 26.8 Å². The third-order valence-corrected chi connectivity index (χ3v) is 4.10. The summed E-state index contributed by atoms with van der Waals surface area (Å²) in [5.41, 5.74) is 2.70. The molecule has 2 nitrogen and oxygen atoms in total. The minimum atomic E-state index is 0.394. The fourth-order valence-electron chi connectivity index (χ4n) is 3.01. The van der Waals surface area contributed by atoms with Crippen molar-refractivity contribution in [2.24, 2.45) is 5.92 Å². The Bertz CT molecular complexity index is 400. The molecule has 2 N–H and O–H groups in total. The van der Waals surface area contributed by atoms with Crippen LogP contribution in [-0.2, 0) is 6.42 Å². The van der Waals surface area contributed by atoms with Crippen LogP contribution in [0.4, 0.5) is 0 Å². The van der Waals surface area contributed by atoms with Crippen LogP contribution in [0, 0.1) is 5.92 Å². The molecule has 1 aromatic carbocycles. The molecule has 1 aliphatic carbocycles. The van der Waals surface area contributed by atoms with Crippen LogP contribution >= 0.6 is 0 Å². The highest BCUT2D eigenvalue weighted by Crippen LogP contribution is 2.32. The Kier molecular flexibility index (Phi) is 4.28. The van der Waals surface area contributed by atoms with E-state index in [4.69, 9.17) is 0 Å². The predicted molar refractivity (Wildman–Crippen MR) is 75.8 cm³/mol. The summed E-state index contributed by atoms with van der Waals surface area (Å²) in [4.78, 5) is 0. The quantitative estimate of drug-likeness (QED) is 0.848. The van der Waals surface area contributed by atoms with Crippen LogP contribution in [0.2, 0.25) is 0 Å². The standard InChI is InChI=1S/C16H25NO/c1-4-15(11(2)3)17-16-7-5-6-12-10-13(18)8-9-14(12)16/h8-11,15-18H,4-7H2,1-3H3. The molecule has 0 aromatic heterocycles. The molecular weight excluding hydrogens is 222 g/mol. The van der Waals surface area contributed by atoms with Crippen molar-refractivity contribution < 1.29 is 5.11 Å². The Morgan fingerprint density at radius 3 is 2.83 bits per heavy atom. The van der Waals surface area contributed by atoms with E-state index in [2.05, 4.69) is 32.2 Å². The minimum absolute atomic E-state index is 0.394. The topological polar surface area (TPSA) is 32.3 Å². The lowest BCUT2D eigenvalue weighted by Gasteiger charge is -2.32. The minimum Gasteiger partial charge on any atom is -0.508 e. The summed E-state index contributed by atoms with van der Waals surface area (Å²) < 4.78 is 0. The molecule has 1 aliphatic rings.